The average Bonchev–Trinajstić information content (AvgIpc) is 2.09. The van der Waals surface area contributed by atoms with Crippen molar-refractivity contribution in [3.8, 4) is 0 Å². The third-order valence-electron chi connectivity index (χ3n) is 1.61. The van der Waals surface area contributed by atoms with E-state index in [1.165, 1.54) is 18.6 Å². The molecule has 0 aliphatic carbocycles. The molecule has 0 amide bonds. The van der Waals surface area contributed by atoms with Crippen LogP contribution in [-0.4, -0.2) is 34.5 Å². The molecule has 0 spiro atoms. The van der Waals surface area contributed by atoms with Gasteiger partial charge in [-0.15, -0.1) is 23.4 Å². The molecule has 1 aliphatic rings. The number of esters is 1. The van der Waals surface area contributed by atoms with Gasteiger partial charge in [0.05, 0.1) is 0 Å². The van der Waals surface area contributed by atoms with Gasteiger partial charge in [0.25, 0.3) is 0 Å². The topological polar surface area (TPSA) is 26.3 Å². The lowest BCUT2D eigenvalue weighted by atomic mass is 10.4. The molecule has 1 aliphatic heterocycles. The number of rotatable bonds is 2. The van der Waals surface area contributed by atoms with Crippen molar-refractivity contribution in [2.75, 3.05) is 23.1 Å². The van der Waals surface area contributed by atoms with Gasteiger partial charge in [-0.3, -0.25) is 4.79 Å². The summed E-state index contributed by atoms with van der Waals surface area (Å²) in [6.07, 6.45) is 2.49. The summed E-state index contributed by atoms with van der Waals surface area (Å²) in [6.45, 7) is 0. The molecule has 1 unspecified atom stereocenters. The summed E-state index contributed by atoms with van der Waals surface area (Å²) < 4.78 is 5.15. The smallest absolute Gasteiger partial charge is 0.322 e. The van der Waals surface area contributed by atoms with E-state index in [1.807, 2.05) is 11.8 Å². The van der Waals surface area contributed by atoms with Crippen molar-refractivity contribution in [2.45, 2.75) is 18.3 Å². The Labute approximate surface area is 92.1 Å². The minimum Gasteiger partial charge on any atom is -0.449 e. The summed E-state index contributed by atoms with van der Waals surface area (Å²) in [5, 5.41) is 0. The highest BCUT2D eigenvalue weighted by Crippen LogP contribution is 2.23. The molecule has 0 aromatic heterocycles. The van der Waals surface area contributed by atoms with Gasteiger partial charge in [-0.1, -0.05) is 0 Å². The van der Waals surface area contributed by atoms with Gasteiger partial charge in [0.2, 0.25) is 0 Å². The van der Waals surface area contributed by atoms with Crippen LogP contribution >= 0.6 is 35.1 Å². The van der Waals surface area contributed by atoms with Crippen molar-refractivity contribution < 1.29 is 9.53 Å². The predicted molar refractivity (Wildman–Crippen MR) is 59.6 cm³/mol. The summed E-state index contributed by atoms with van der Waals surface area (Å²) in [7, 11) is 0. The molecule has 1 atom stereocenters. The molecule has 5 heteroatoms. The predicted octanol–water partition coefficient (Wildman–Crippen LogP) is 2.35. The van der Waals surface area contributed by atoms with Crippen molar-refractivity contribution in [1.29, 1.82) is 0 Å². The Morgan fingerprint density at radius 3 is 3.00 bits per heavy atom. The van der Waals surface area contributed by atoms with Crippen LogP contribution in [0.5, 0.6) is 0 Å². The molecule has 1 saturated heterocycles. The van der Waals surface area contributed by atoms with Crippen LogP contribution in [0.2, 0.25) is 0 Å². The number of ether oxygens (including phenoxy) is 1. The normalized spacial score (nSPS) is 24.5. The van der Waals surface area contributed by atoms with Crippen LogP contribution in [0, 0.1) is 0 Å². The Kier molecular flexibility index (Phi) is 6.07. The van der Waals surface area contributed by atoms with E-state index in [0.29, 0.717) is 0 Å². The van der Waals surface area contributed by atoms with Crippen molar-refractivity contribution in [3.63, 3.8) is 0 Å². The maximum atomic E-state index is 10.9. The molecule has 1 heterocycles. The molecule has 0 N–H and O–H groups in total. The average molecular weight is 241 g/mol. The molecule has 0 aromatic rings. The lowest BCUT2D eigenvalue weighted by molar-refractivity contribution is -0.141. The molecule has 1 rings (SSSR count). The van der Waals surface area contributed by atoms with Crippen LogP contribution < -0.4 is 0 Å². The van der Waals surface area contributed by atoms with Gasteiger partial charge in [-0.05, 0) is 24.3 Å². The number of hydrogen-bond acceptors (Lipinski definition) is 4. The van der Waals surface area contributed by atoms with Gasteiger partial charge in [-0.25, -0.2) is 0 Å². The van der Waals surface area contributed by atoms with Crippen molar-refractivity contribution in [1.82, 2.24) is 0 Å². The van der Waals surface area contributed by atoms with E-state index in [1.54, 1.807) is 11.8 Å². The lowest BCUT2D eigenvalue weighted by Gasteiger charge is -2.18. The summed E-state index contributed by atoms with van der Waals surface area (Å²) >= 11 is 8.92. The zero-order chi connectivity index (χ0) is 9.52. The van der Waals surface area contributed by atoms with E-state index in [2.05, 4.69) is 0 Å². The first-order valence-corrected chi connectivity index (χ1v) is 7.01. The molecule has 76 valence electrons. The van der Waals surface area contributed by atoms with E-state index >= 15 is 0 Å². The Balaban J connectivity index is 2.25. The summed E-state index contributed by atoms with van der Waals surface area (Å²) in [6, 6.07) is 0. The zero-order valence-electron chi connectivity index (χ0n) is 7.33. The Hall–Kier alpha value is 0.460. The van der Waals surface area contributed by atoms with E-state index in [-0.39, 0.29) is 17.3 Å². The second kappa shape index (κ2) is 6.85. The van der Waals surface area contributed by atoms with Crippen molar-refractivity contribution in [2.24, 2.45) is 0 Å². The first kappa shape index (κ1) is 11.5. The van der Waals surface area contributed by atoms with Gasteiger partial charge in [0.15, 0.2) is 5.44 Å². The van der Waals surface area contributed by atoms with Crippen LogP contribution in [0.15, 0.2) is 0 Å². The third-order valence-corrected chi connectivity index (χ3v) is 4.32. The fourth-order valence-corrected chi connectivity index (χ4v) is 3.38. The molecule has 13 heavy (non-hydrogen) atoms. The molecule has 0 bridgehead atoms. The highest BCUT2D eigenvalue weighted by molar-refractivity contribution is 8.03. The van der Waals surface area contributed by atoms with Gasteiger partial charge >= 0.3 is 5.97 Å². The number of thioether (sulfide) groups is 2. The number of carbonyl (C=O) groups is 1. The maximum absolute atomic E-state index is 10.9. The molecule has 2 nitrogen and oxygen atoms in total. The van der Waals surface area contributed by atoms with Crippen LogP contribution in [0.4, 0.5) is 0 Å². The fraction of sp³-hybridized carbons (Fsp3) is 0.875. The van der Waals surface area contributed by atoms with Crippen molar-refractivity contribution in [3.05, 3.63) is 0 Å². The molecule has 0 saturated carbocycles. The molecular formula is C8H13ClO2S2. The molecule has 1 fully saturated rings. The number of carbonyl (C=O) groups excluding carboxylic acids is 1. The molecule has 0 aromatic carbocycles. The minimum atomic E-state index is -0.305. The second-order valence-electron chi connectivity index (χ2n) is 2.71. The Morgan fingerprint density at radius 2 is 2.23 bits per heavy atom. The van der Waals surface area contributed by atoms with Gasteiger partial charge in [0.1, 0.15) is 5.88 Å². The van der Waals surface area contributed by atoms with E-state index < -0.39 is 0 Å². The Bertz CT molecular complexity index is 158. The van der Waals surface area contributed by atoms with Crippen LogP contribution in [-0.2, 0) is 9.53 Å². The number of hydrogen-bond donors (Lipinski definition) is 0. The first-order valence-electron chi connectivity index (χ1n) is 4.27. The van der Waals surface area contributed by atoms with Gasteiger partial charge < -0.3 is 4.74 Å². The third kappa shape index (κ3) is 5.03. The van der Waals surface area contributed by atoms with E-state index in [0.717, 1.165) is 11.5 Å². The maximum Gasteiger partial charge on any atom is 0.322 e. The molecule has 0 radical (unpaired) electrons. The lowest BCUT2D eigenvalue weighted by Crippen LogP contribution is -2.20. The van der Waals surface area contributed by atoms with Gasteiger partial charge in [0, 0.05) is 5.75 Å². The monoisotopic (exact) mass is 240 g/mol. The van der Waals surface area contributed by atoms with Crippen LogP contribution in [0.1, 0.15) is 12.8 Å². The summed E-state index contributed by atoms with van der Waals surface area (Å²) in [5.74, 6) is 2.81. The van der Waals surface area contributed by atoms with Crippen LogP contribution in [0.3, 0.4) is 0 Å². The Morgan fingerprint density at radius 1 is 1.46 bits per heavy atom. The van der Waals surface area contributed by atoms with Crippen molar-refractivity contribution >= 4 is 41.1 Å². The SMILES string of the molecule is O=C(CCl)OC1CSCCCCS1. The standard InChI is InChI=1S/C8H13ClO2S2/c9-5-7(10)11-8-6-12-3-1-2-4-13-8/h8H,1-6H2. The highest BCUT2D eigenvalue weighted by Gasteiger charge is 2.15. The second-order valence-corrected chi connectivity index (χ2v) is 5.39. The highest BCUT2D eigenvalue weighted by atomic mass is 35.5. The first-order chi connectivity index (χ1) is 6.33. The van der Waals surface area contributed by atoms with E-state index in [9.17, 15) is 4.79 Å². The quantitative estimate of drug-likeness (QED) is 0.547. The summed E-state index contributed by atoms with van der Waals surface area (Å²) in [4.78, 5) is 10.9. The number of halogens is 1. The molecular weight excluding hydrogens is 228 g/mol. The largest absolute Gasteiger partial charge is 0.449 e. The zero-order valence-corrected chi connectivity index (χ0v) is 9.72. The van der Waals surface area contributed by atoms with Crippen LogP contribution in [0.25, 0.3) is 0 Å². The fourth-order valence-electron chi connectivity index (χ4n) is 0.995. The number of alkyl halides is 1. The van der Waals surface area contributed by atoms with Gasteiger partial charge in [-0.2, -0.15) is 11.8 Å². The summed E-state index contributed by atoms with van der Waals surface area (Å²) in [5.41, 5.74) is 0.0107. The van der Waals surface area contributed by atoms with E-state index in [4.69, 9.17) is 16.3 Å². The minimum absolute atomic E-state index is 0.0107.